The zero-order valence-electron chi connectivity index (χ0n) is 13.3. The van der Waals surface area contributed by atoms with Gasteiger partial charge in [-0.25, -0.2) is 9.97 Å². The molecule has 0 bridgehead atoms. The third-order valence-electron chi connectivity index (χ3n) is 3.81. The topological polar surface area (TPSA) is 97.5 Å². The zero-order chi connectivity index (χ0) is 17.3. The molecule has 0 saturated carbocycles. The quantitative estimate of drug-likeness (QED) is 0.746. The lowest BCUT2D eigenvalue weighted by Gasteiger charge is -2.06. The molecule has 0 aliphatic heterocycles. The predicted molar refractivity (Wildman–Crippen MR) is 87.8 cm³/mol. The van der Waals surface area contributed by atoms with Crippen LogP contribution in [0, 0.1) is 0 Å². The summed E-state index contributed by atoms with van der Waals surface area (Å²) in [7, 11) is 1.50. The first-order valence-corrected chi connectivity index (χ1v) is 7.38. The number of hydrogen-bond donors (Lipinski definition) is 2. The van der Waals surface area contributed by atoms with Crippen molar-refractivity contribution in [2.75, 3.05) is 7.11 Å². The predicted octanol–water partition coefficient (Wildman–Crippen LogP) is 2.24. The van der Waals surface area contributed by atoms with E-state index in [1.54, 1.807) is 30.1 Å². The van der Waals surface area contributed by atoms with E-state index in [2.05, 4.69) is 9.97 Å². The van der Waals surface area contributed by atoms with Gasteiger partial charge in [-0.3, -0.25) is 4.79 Å². The molecule has 7 nitrogen and oxygen atoms in total. The Balaban J connectivity index is 2.11. The van der Waals surface area contributed by atoms with Crippen LogP contribution in [0.5, 0.6) is 6.01 Å². The van der Waals surface area contributed by atoms with Gasteiger partial charge in [0.25, 0.3) is 0 Å². The molecule has 3 aromatic rings. The highest BCUT2D eigenvalue weighted by Crippen LogP contribution is 2.31. The first-order chi connectivity index (χ1) is 11.5. The molecule has 2 N–H and O–H groups in total. The number of aromatic nitrogens is 3. The molecule has 2 heterocycles. The molecule has 124 valence electrons. The SMILES string of the molecule is COc1ncc(-c2ccc3c(c2)c(C(C)O)cn3CC(=O)O)cn1. The molecule has 0 aliphatic carbocycles. The lowest BCUT2D eigenvalue weighted by molar-refractivity contribution is -0.137. The monoisotopic (exact) mass is 327 g/mol. The lowest BCUT2D eigenvalue weighted by atomic mass is 10.0. The Kier molecular flexibility index (Phi) is 4.18. The van der Waals surface area contributed by atoms with Crippen molar-refractivity contribution in [2.24, 2.45) is 0 Å². The Labute approximate surface area is 138 Å². The second kappa shape index (κ2) is 6.29. The maximum atomic E-state index is 11.0. The molecule has 0 radical (unpaired) electrons. The van der Waals surface area contributed by atoms with Crippen molar-refractivity contribution in [3.63, 3.8) is 0 Å². The van der Waals surface area contributed by atoms with Crippen LogP contribution in [0.3, 0.4) is 0 Å². The van der Waals surface area contributed by atoms with E-state index in [0.717, 1.165) is 22.0 Å². The number of ether oxygens (including phenoxy) is 1. The normalized spacial score (nSPS) is 12.3. The van der Waals surface area contributed by atoms with Gasteiger partial charge in [0.1, 0.15) is 6.54 Å². The van der Waals surface area contributed by atoms with Crippen LogP contribution >= 0.6 is 0 Å². The highest BCUT2D eigenvalue weighted by molar-refractivity contribution is 5.89. The second-order valence-corrected chi connectivity index (χ2v) is 5.47. The van der Waals surface area contributed by atoms with Gasteiger partial charge >= 0.3 is 12.0 Å². The number of carbonyl (C=O) groups is 1. The van der Waals surface area contributed by atoms with Gasteiger partial charge in [-0.2, -0.15) is 0 Å². The van der Waals surface area contributed by atoms with Gasteiger partial charge in [-0.05, 0) is 24.6 Å². The van der Waals surface area contributed by atoms with E-state index in [1.807, 2.05) is 18.2 Å². The summed E-state index contributed by atoms with van der Waals surface area (Å²) >= 11 is 0. The maximum Gasteiger partial charge on any atom is 0.323 e. The zero-order valence-corrected chi connectivity index (χ0v) is 13.3. The summed E-state index contributed by atoms with van der Waals surface area (Å²) in [5.74, 6) is -0.934. The van der Waals surface area contributed by atoms with Crippen molar-refractivity contribution < 1.29 is 19.7 Å². The standard InChI is InChI=1S/C17H17N3O4/c1-10(21)14-8-20(9-16(22)23)15-4-3-11(5-13(14)15)12-6-18-17(24-2)19-7-12/h3-8,10,21H,9H2,1-2H3,(H,22,23). The molecule has 0 amide bonds. The number of carboxylic acids is 1. The second-order valence-electron chi connectivity index (χ2n) is 5.47. The fraction of sp³-hybridized carbons (Fsp3) is 0.235. The Morgan fingerprint density at radius 1 is 1.29 bits per heavy atom. The van der Waals surface area contributed by atoms with Gasteiger partial charge in [0.15, 0.2) is 0 Å². The van der Waals surface area contributed by atoms with Gasteiger partial charge in [-0.15, -0.1) is 0 Å². The van der Waals surface area contributed by atoms with Crippen molar-refractivity contribution in [1.29, 1.82) is 0 Å². The number of hydrogen-bond acceptors (Lipinski definition) is 5. The van der Waals surface area contributed by atoms with Crippen molar-refractivity contribution in [1.82, 2.24) is 14.5 Å². The Morgan fingerprint density at radius 2 is 2.00 bits per heavy atom. The maximum absolute atomic E-state index is 11.0. The van der Waals surface area contributed by atoms with Gasteiger partial charge in [0.05, 0.1) is 13.2 Å². The van der Waals surface area contributed by atoms with Crippen LogP contribution in [0.1, 0.15) is 18.6 Å². The van der Waals surface area contributed by atoms with E-state index in [9.17, 15) is 9.90 Å². The number of benzene rings is 1. The Hall–Kier alpha value is -2.93. The average Bonchev–Trinajstić information content (AvgIpc) is 2.92. The highest BCUT2D eigenvalue weighted by atomic mass is 16.5. The summed E-state index contributed by atoms with van der Waals surface area (Å²) in [6.07, 6.45) is 4.29. The molecule has 1 unspecified atom stereocenters. The molecular weight excluding hydrogens is 310 g/mol. The van der Waals surface area contributed by atoms with Crippen LogP contribution in [0.2, 0.25) is 0 Å². The molecule has 3 rings (SSSR count). The molecule has 7 heteroatoms. The number of carboxylic acid groups (broad SMARTS) is 1. The summed E-state index contributed by atoms with van der Waals surface area (Å²) in [5.41, 5.74) is 3.12. The third kappa shape index (κ3) is 2.93. The Bertz CT molecular complexity index is 885. The average molecular weight is 327 g/mol. The van der Waals surface area contributed by atoms with E-state index in [4.69, 9.17) is 9.84 Å². The smallest absolute Gasteiger partial charge is 0.323 e. The van der Waals surface area contributed by atoms with E-state index in [1.165, 1.54) is 7.11 Å². The van der Waals surface area contributed by atoms with Crippen molar-refractivity contribution in [3.8, 4) is 17.1 Å². The Morgan fingerprint density at radius 3 is 2.58 bits per heavy atom. The molecule has 1 atom stereocenters. The number of aliphatic hydroxyl groups excluding tert-OH is 1. The number of nitrogens with zero attached hydrogens (tertiary/aromatic N) is 3. The molecule has 0 aliphatic rings. The van der Waals surface area contributed by atoms with E-state index >= 15 is 0 Å². The fourth-order valence-electron chi connectivity index (χ4n) is 2.68. The minimum absolute atomic E-state index is 0.159. The van der Waals surface area contributed by atoms with Crippen LogP contribution in [0.15, 0.2) is 36.8 Å². The van der Waals surface area contributed by atoms with E-state index < -0.39 is 12.1 Å². The summed E-state index contributed by atoms with van der Waals surface area (Å²) in [5, 5.41) is 19.8. The van der Waals surface area contributed by atoms with Crippen LogP contribution in [-0.4, -0.2) is 37.8 Å². The first kappa shape index (κ1) is 15.9. The number of methoxy groups -OCH3 is 1. The summed E-state index contributed by atoms with van der Waals surface area (Å²) in [6.45, 7) is 1.50. The fourth-order valence-corrected chi connectivity index (χ4v) is 2.68. The molecule has 0 spiro atoms. The number of rotatable bonds is 5. The van der Waals surface area contributed by atoms with Crippen molar-refractivity contribution in [2.45, 2.75) is 19.6 Å². The third-order valence-corrected chi connectivity index (χ3v) is 3.81. The number of aliphatic carboxylic acids is 1. The summed E-state index contributed by atoms with van der Waals surface area (Å²) in [4.78, 5) is 19.2. The highest BCUT2D eigenvalue weighted by Gasteiger charge is 2.15. The van der Waals surface area contributed by atoms with Crippen LogP contribution < -0.4 is 4.74 Å². The minimum atomic E-state index is -0.934. The van der Waals surface area contributed by atoms with Crippen LogP contribution in [0.25, 0.3) is 22.0 Å². The molecule has 0 fully saturated rings. The van der Waals surface area contributed by atoms with Gasteiger partial charge in [0, 0.05) is 40.6 Å². The number of fused-ring (bicyclic) bond motifs is 1. The molecule has 0 saturated heterocycles. The molecule has 24 heavy (non-hydrogen) atoms. The molecular formula is C17H17N3O4. The van der Waals surface area contributed by atoms with Crippen LogP contribution in [0.4, 0.5) is 0 Å². The van der Waals surface area contributed by atoms with E-state index in [-0.39, 0.29) is 12.6 Å². The van der Waals surface area contributed by atoms with Crippen molar-refractivity contribution in [3.05, 3.63) is 42.4 Å². The summed E-state index contributed by atoms with van der Waals surface area (Å²) < 4.78 is 6.57. The molecule has 2 aromatic heterocycles. The van der Waals surface area contributed by atoms with E-state index in [0.29, 0.717) is 5.56 Å². The van der Waals surface area contributed by atoms with Crippen molar-refractivity contribution >= 4 is 16.9 Å². The largest absolute Gasteiger partial charge is 0.480 e. The minimum Gasteiger partial charge on any atom is -0.480 e. The van der Waals surface area contributed by atoms with Crippen LogP contribution in [-0.2, 0) is 11.3 Å². The van der Waals surface area contributed by atoms with Gasteiger partial charge in [-0.1, -0.05) is 6.07 Å². The number of aliphatic hydroxyl groups is 1. The first-order valence-electron chi connectivity index (χ1n) is 7.38. The van der Waals surface area contributed by atoms with Gasteiger partial charge in [0.2, 0.25) is 0 Å². The molecule has 1 aromatic carbocycles. The lowest BCUT2D eigenvalue weighted by Crippen LogP contribution is -2.07. The summed E-state index contributed by atoms with van der Waals surface area (Å²) in [6, 6.07) is 5.90. The van der Waals surface area contributed by atoms with Gasteiger partial charge < -0.3 is 19.5 Å².